The van der Waals surface area contributed by atoms with Gasteiger partial charge in [0.1, 0.15) is 0 Å². The van der Waals surface area contributed by atoms with Gasteiger partial charge in [-0.15, -0.1) is 0 Å². The van der Waals surface area contributed by atoms with E-state index in [1.165, 1.54) is 30.4 Å². The predicted molar refractivity (Wildman–Crippen MR) is 108 cm³/mol. The molecule has 0 saturated carbocycles. The van der Waals surface area contributed by atoms with E-state index in [-0.39, 0.29) is 23.5 Å². The SMILES string of the molecule is CC1=C(C=CC(C)C=CP(=O)(OC(C)C)OC(C)C)C(C)(C)CCC1. The summed E-state index contributed by atoms with van der Waals surface area (Å²) in [5, 5.41) is 0. The first-order valence-electron chi connectivity index (χ1n) is 9.49. The maximum Gasteiger partial charge on any atom is 0.354 e. The Morgan fingerprint density at radius 2 is 1.60 bits per heavy atom. The van der Waals surface area contributed by atoms with Crippen LogP contribution in [0.1, 0.15) is 74.7 Å². The molecule has 25 heavy (non-hydrogen) atoms. The minimum atomic E-state index is -3.21. The summed E-state index contributed by atoms with van der Waals surface area (Å²) in [6, 6.07) is 0. The molecule has 0 aromatic heterocycles. The van der Waals surface area contributed by atoms with E-state index in [0.29, 0.717) is 0 Å². The molecule has 1 aliphatic carbocycles. The number of hydrogen-bond acceptors (Lipinski definition) is 3. The van der Waals surface area contributed by atoms with Crippen molar-refractivity contribution in [2.75, 3.05) is 0 Å². The summed E-state index contributed by atoms with van der Waals surface area (Å²) in [4.78, 5) is 0. The first-order chi connectivity index (χ1) is 11.4. The molecule has 0 aromatic carbocycles. The normalized spacial score (nSPS) is 20.4. The lowest BCUT2D eigenvalue weighted by Gasteiger charge is -2.33. The van der Waals surface area contributed by atoms with Crippen LogP contribution in [0.4, 0.5) is 0 Å². The Morgan fingerprint density at radius 1 is 1.04 bits per heavy atom. The topological polar surface area (TPSA) is 35.5 Å². The van der Waals surface area contributed by atoms with Gasteiger partial charge < -0.3 is 9.05 Å². The molecule has 1 atom stereocenters. The first-order valence-corrected chi connectivity index (χ1v) is 11.1. The van der Waals surface area contributed by atoms with E-state index in [1.807, 2.05) is 33.8 Å². The first kappa shape index (κ1) is 22.4. The van der Waals surface area contributed by atoms with Crippen LogP contribution in [0.25, 0.3) is 0 Å². The van der Waals surface area contributed by atoms with Gasteiger partial charge >= 0.3 is 7.60 Å². The summed E-state index contributed by atoms with van der Waals surface area (Å²) in [6.45, 7) is 16.4. The average Bonchev–Trinajstić information content (AvgIpc) is 2.42. The predicted octanol–water partition coefficient (Wildman–Crippen LogP) is 7.26. The summed E-state index contributed by atoms with van der Waals surface area (Å²) in [5.41, 5.74) is 3.17. The van der Waals surface area contributed by atoms with E-state index in [9.17, 15) is 4.57 Å². The molecular formula is C21H37O3P. The van der Waals surface area contributed by atoms with Gasteiger partial charge in [0.2, 0.25) is 0 Å². The molecule has 0 fully saturated rings. The smallest absolute Gasteiger partial charge is 0.303 e. The third-order valence-electron chi connectivity index (χ3n) is 4.40. The van der Waals surface area contributed by atoms with Crippen LogP contribution >= 0.6 is 7.60 Å². The lowest BCUT2D eigenvalue weighted by molar-refractivity contribution is 0.149. The van der Waals surface area contributed by atoms with Crippen molar-refractivity contribution in [3.05, 3.63) is 35.2 Å². The molecule has 0 radical (unpaired) electrons. The van der Waals surface area contributed by atoms with Crippen molar-refractivity contribution in [3.8, 4) is 0 Å². The summed E-state index contributed by atoms with van der Waals surface area (Å²) < 4.78 is 23.9. The van der Waals surface area contributed by atoms with Gasteiger partial charge in [-0.05, 0) is 70.8 Å². The second-order valence-electron chi connectivity index (χ2n) is 8.34. The Labute approximate surface area is 155 Å². The molecule has 0 aromatic rings. The highest BCUT2D eigenvalue weighted by Crippen LogP contribution is 2.52. The summed E-state index contributed by atoms with van der Waals surface area (Å²) in [7, 11) is -3.21. The van der Waals surface area contributed by atoms with Crippen LogP contribution in [0.15, 0.2) is 35.2 Å². The highest BCUT2D eigenvalue weighted by molar-refractivity contribution is 7.57. The van der Waals surface area contributed by atoms with Crippen LogP contribution in [-0.2, 0) is 13.6 Å². The third-order valence-corrected chi connectivity index (χ3v) is 6.36. The minimum Gasteiger partial charge on any atom is -0.303 e. The van der Waals surface area contributed by atoms with Gasteiger partial charge in [0.25, 0.3) is 0 Å². The van der Waals surface area contributed by atoms with Crippen LogP contribution in [0, 0.1) is 11.3 Å². The molecule has 144 valence electrons. The Balaban J connectivity index is 2.87. The van der Waals surface area contributed by atoms with Crippen molar-refractivity contribution in [2.24, 2.45) is 11.3 Å². The van der Waals surface area contributed by atoms with Gasteiger partial charge in [-0.1, -0.05) is 44.6 Å². The Hall–Kier alpha value is -0.630. The maximum absolute atomic E-state index is 12.8. The molecule has 0 aliphatic heterocycles. The molecular weight excluding hydrogens is 331 g/mol. The molecule has 3 nitrogen and oxygen atoms in total. The number of allylic oxidation sites excluding steroid dienone is 5. The highest BCUT2D eigenvalue weighted by atomic mass is 31.2. The van der Waals surface area contributed by atoms with E-state index < -0.39 is 7.60 Å². The van der Waals surface area contributed by atoms with Crippen LogP contribution < -0.4 is 0 Å². The molecule has 1 rings (SSSR count). The van der Waals surface area contributed by atoms with Gasteiger partial charge in [0.15, 0.2) is 0 Å². The van der Waals surface area contributed by atoms with Crippen molar-refractivity contribution in [2.45, 2.75) is 86.9 Å². The summed E-state index contributed by atoms with van der Waals surface area (Å²) in [5.74, 6) is 1.78. The van der Waals surface area contributed by atoms with E-state index in [0.717, 1.165) is 0 Å². The third kappa shape index (κ3) is 7.64. The van der Waals surface area contributed by atoms with Crippen molar-refractivity contribution in [1.82, 2.24) is 0 Å². The molecule has 4 heteroatoms. The average molecular weight is 368 g/mol. The Morgan fingerprint density at radius 3 is 2.08 bits per heavy atom. The fraction of sp³-hybridized carbons (Fsp3) is 0.714. The van der Waals surface area contributed by atoms with Gasteiger partial charge in [-0.2, -0.15) is 0 Å². The van der Waals surface area contributed by atoms with Crippen LogP contribution in [0.2, 0.25) is 0 Å². The highest BCUT2D eigenvalue weighted by Gasteiger charge is 2.27. The van der Waals surface area contributed by atoms with Crippen LogP contribution in [0.5, 0.6) is 0 Å². The van der Waals surface area contributed by atoms with Crippen molar-refractivity contribution < 1.29 is 13.6 Å². The summed E-state index contributed by atoms with van der Waals surface area (Å²) >= 11 is 0. The van der Waals surface area contributed by atoms with E-state index in [2.05, 4.69) is 39.8 Å². The zero-order chi connectivity index (χ0) is 19.3. The molecule has 0 bridgehead atoms. The zero-order valence-electron chi connectivity index (χ0n) is 17.3. The number of hydrogen-bond donors (Lipinski definition) is 0. The van der Waals surface area contributed by atoms with Gasteiger partial charge in [-0.25, -0.2) is 0 Å². The van der Waals surface area contributed by atoms with Crippen molar-refractivity contribution in [1.29, 1.82) is 0 Å². The van der Waals surface area contributed by atoms with Crippen LogP contribution in [0.3, 0.4) is 0 Å². The lowest BCUT2D eigenvalue weighted by Crippen LogP contribution is -2.19. The minimum absolute atomic E-state index is 0.143. The second-order valence-corrected chi connectivity index (χ2v) is 10.1. The van der Waals surface area contributed by atoms with Gasteiger partial charge in [-0.3, -0.25) is 4.57 Å². The molecule has 0 spiro atoms. The molecule has 1 aliphatic rings. The van der Waals surface area contributed by atoms with Gasteiger partial charge in [0, 0.05) is 5.82 Å². The molecule has 0 saturated heterocycles. The Kier molecular flexibility index (Phi) is 8.38. The molecule has 0 heterocycles. The largest absolute Gasteiger partial charge is 0.354 e. The molecule has 0 N–H and O–H groups in total. The monoisotopic (exact) mass is 368 g/mol. The van der Waals surface area contributed by atoms with E-state index in [1.54, 1.807) is 5.82 Å². The van der Waals surface area contributed by atoms with Crippen LogP contribution in [-0.4, -0.2) is 12.2 Å². The molecule has 1 unspecified atom stereocenters. The van der Waals surface area contributed by atoms with Gasteiger partial charge in [0.05, 0.1) is 12.2 Å². The zero-order valence-corrected chi connectivity index (χ0v) is 18.2. The lowest BCUT2D eigenvalue weighted by atomic mass is 9.72. The fourth-order valence-electron chi connectivity index (χ4n) is 3.25. The van der Waals surface area contributed by atoms with E-state index >= 15 is 0 Å². The quantitative estimate of drug-likeness (QED) is 0.423. The number of rotatable bonds is 8. The molecule has 0 amide bonds. The summed E-state index contributed by atoms with van der Waals surface area (Å²) in [6.07, 6.45) is 9.76. The van der Waals surface area contributed by atoms with Crippen molar-refractivity contribution >= 4 is 7.60 Å². The van der Waals surface area contributed by atoms with E-state index in [4.69, 9.17) is 9.05 Å². The second kappa shape index (κ2) is 9.35. The standard InChI is InChI=1S/C21H37O3P/c1-16(2)23-25(22,24-17(3)4)15-13-18(5)11-12-20-19(6)10-9-14-21(20,7)8/h11-13,15-18H,9-10,14H2,1-8H3. The maximum atomic E-state index is 12.8. The van der Waals surface area contributed by atoms with Crippen molar-refractivity contribution in [3.63, 3.8) is 0 Å². The Bertz CT molecular complexity index is 554. The fourth-order valence-corrected chi connectivity index (χ4v) is 5.09.